The Morgan fingerprint density at radius 2 is 1.91 bits per heavy atom. The molecule has 0 unspecified atom stereocenters. The van der Waals surface area contributed by atoms with Gasteiger partial charge in [-0.1, -0.05) is 30.3 Å². The van der Waals surface area contributed by atoms with Gasteiger partial charge in [-0.2, -0.15) is 0 Å². The summed E-state index contributed by atoms with van der Waals surface area (Å²) in [5, 5.41) is 3.38. The first-order chi connectivity index (χ1) is 15.5. The van der Waals surface area contributed by atoms with Crippen LogP contribution >= 0.6 is 0 Å². The molecule has 0 radical (unpaired) electrons. The predicted molar refractivity (Wildman–Crippen MR) is 123 cm³/mol. The lowest BCUT2D eigenvalue weighted by Crippen LogP contribution is -2.36. The normalized spacial score (nSPS) is 11.9. The van der Waals surface area contributed by atoms with Crippen molar-refractivity contribution in [3.8, 4) is 16.9 Å². The molecule has 4 rings (SSSR count). The third-order valence-electron chi connectivity index (χ3n) is 5.28. The maximum Gasteiger partial charge on any atom is 0.258 e. The molecular formula is C26H25NO5. The summed E-state index contributed by atoms with van der Waals surface area (Å²) < 4.78 is 16.9. The highest BCUT2D eigenvalue weighted by molar-refractivity contribution is 5.84. The minimum atomic E-state index is -0.214. The molecule has 2 heterocycles. The van der Waals surface area contributed by atoms with Crippen LogP contribution in [0.25, 0.3) is 22.1 Å². The van der Waals surface area contributed by atoms with Crippen molar-refractivity contribution >= 4 is 16.9 Å². The lowest BCUT2D eigenvalue weighted by molar-refractivity contribution is -0.123. The minimum absolute atomic E-state index is 0.00937. The van der Waals surface area contributed by atoms with Crippen molar-refractivity contribution in [2.75, 3.05) is 6.61 Å². The lowest BCUT2D eigenvalue weighted by atomic mass is 10.0. The smallest absolute Gasteiger partial charge is 0.258 e. The van der Waals surface area contributed by atoms with Crippen LogP contribution in [0.3, 0.4) is 0 Å². The highest BCUT2D eigenvalue weighted by Crippen LogP contribution is 2.26. The summed E-state index contributed by atoms with van der Waals surface area (Å²) in [6.07, 6.45) is 3.16. The van der Waals surface area contributed by atoms with Crippen LogP contribution in [0.15, 0.2) is 80.6 Å². The predicted octanol–water partition coefficient (Wildman–Crippen LogP) is 4.88. The highest BCUT2D eigenvalue weighted by atomic mass is 16.5. The molecule has 6 nitrogen and oxygen atoms in total. The molecule has 0 fully saturated rings. The topological polar surface area (TPSA) is 81.7 Å². The second kappa shape index (κ2) is 9.56. The van der Waals surface area contributed by atoms with E-state index in [-0.39, 0.29) is 24.0 Å². The fourth-order valence-electron chi connectivity index (χ4n) is 3.67. The van der Waals surface area contributed by atoms with Crippen molar-refractivity contribution in [1.29, 1.82) is 0 Å². The van der Waals surface area contributed by atoms with Gasteiger partial charge in [0.05, 0.1) is 17.2 Å². The molecule has 0 saturated heterocycles. The molecule has 164 valence electrons. The number of carbonyl (C=O) groups excluding carboxylic acids is 1. The quantitative estimate of drug-likeness (QED) is 0.430. The Morgan fingerprint density at radius 3 is 2.66 bits per heavy atom. The third kappa shape index (κ3) is 4.91. The molecule has 1 amide bonds. The van der Waals surface area contributed by atoms with Gasteiger partial charge < -0.3 is 18.9 Å². The number of hydrogen-bond donors (Lipinski definition) is 1. The lowest BCUT2D eigenvalue weighted by Gasteiger charge is -2.14. The summed E-state index contributed by atoms with van der Waals surface area (Å²) >= 11 is 0. The van der Waals surface area contributed by atoms with Gasteiger partial charge in [-0.05, 0) is 50.1 Å². The molecule has 0 saturated carbocycles. The largest absolute Gasteiger partial charge is 0.484 e. The Labute approximate surface area is 185 Å². The maximum atomic E-state index is 13.0. The maximum absolute atomic E-state index is 13.0. The summed E-state index contributed by atoms with van der Waals surface area (Å²) in [4.78, 5) is 25.3. The molecule has 0 aliphatic heterocycles. The van der Waals surface area contributed by atoms with Gasteiger partial charge in [-0.3, -0.25) is 9.59 Å². The first-order valence-electron chi connectivity index (χ1n) is 10.6. The van der Waals surface area contributed by atoms with Crippen LogP contribution < -0.4 is 15.5 Å². The van der Waals surface area contributed by atoms with Crippen molar-refractivity contribution < 1.29 is 18.4 Å². The second-order valence-corrected chi connectivity index (χ2v) is 7.76. The van der Waals surface area contributed by atoms with Crippen LogP contribution in [-0.4, -0.2) is 18.6 Å². The van der Waals surface area contributed by atoms with E-state index in [4.69, 9.17) is 13.6 Å². The number of nitrogens with one attached hydrogen (secondary N) is 1. The second-order valence-electron chi connectivity index (χ2n) is 7.76. The average molecular weight is 431 g/mol. The first kappa shape index (κ1) is 21.4. The van der Waals surface area contributed by atoms with E-state index in [1.54, 1.807) is 31.4 Å². The zero-order chi connectivity index (χ0) is 22.5. The molecule has 2 aromatic heterocycles. The number of rotatable bonds is 8. The van der Waals surface area contributed by atoms with Crippen molar-refractivity contribution in [3.63, 3.8) is 0 Å². The van der Waals surface area contributed by atoms with E-state index in [1.807, 2.05) is 49.4 Å². The van der Waals surface area contributed by atoms with Gasteiger partial charge in [-0.15, -0.1) is 0 Å². The number of fused-ring (bicyclic) bond motifs is 1. The van der Waals surface area contributed by atoms with Gasteiger partial charge >= 0.3 is 0 Å². The summed E-state index contributed by atoms with van der Waals surface area (Å²) in [5.74, 6) is 1.68. The molecule has 1 atom stereocenters. The number of aryl methyl sites for hydroxylation is 2. The number of carbonyl (C=O) groups is 1. The van der Waals surface area contributed by atoms with Crippen LogP contribution in [0.2, 0.25) is 0 Å². The fourth-order valence-corrected chi connectivity index (χ4v) is 3.67. The van der Waals surface area contributed by atoms with Gasteiger partial charge in [0, 0.05) is 18.5 Å². The fraction of sp³-hybridized carbons (Fsp3) is 0.231. The number of hydrogen-bond acceptors (Lipinski definition) is 5. The number of ether oxygens (including phenoxy) is 1. The molecule has 4 aromatic rings. The minimum Gasteiger partial charge on any atom is -0.484 e. The van der Waals surface area contributed by atoms with E-state index in [0.29, 0.717) is 28.0 Å². The van der Waals surface area contributed by atoms with Crippen LogP contribution in [0.1, 0.15) is 24.9 Å². The molecule has 0 aliphatic carbocycles. The summed E-state index contributed by atoms with van der Waals surface area (Å²) in [5.41, 5.74) is 1.70. The Balaban J connectivity index is 1.40. The zero-order valence-corrected chi connectivity index (χ0v) is 18.1. The van der Waals surface area contributed by atoms with E-state index in [0.717, 1.165) is 24.2 Å². The van der Waals surface area contributed by atoms with E-state index in [1.165, 1.54) is 0 Å². The Morgan fingerprint density at radius 1 is 1.09 bits per heavy atom. The van der Waals surface area contributed by atoms with Crippen molar-refractivity contribution in [1.82, 2.24) is 5.32 Å². The van der Waals surface area contributed by atoms with Gasteiger partial charge in [0.1, 0.15) is 22.9 Å². The Kier molecular flexibility index (Phi) is 6.40. The third-order valence-corrected chi connectivity index (χ3v) is 5.28. The van der Waals surface area contributed by atoms with E-state index < -0.39 is 0 Å². The van der Waals surface area contributed by atoms with Gasteiger partial charge in [0.2, 0.25) is 5.43 Å². The van der Waals surface area contributed by atoms with Crippen molar-refractivity contribution in [2.45, 2.75) is 32.7 Å². The van der Waals surface area contributed by atoms with E-state index in [9.17, 15) is 9.59 Å². The molecular weight excluding hydrogens is 406 g/mol. The van der Waals surface area contributed by atoms with Crippen LogP contribution in [0.5, 0.6) is 5.75 Å². The molecule has 0 aliphatic rings. The SMILES string of the molecule is Cc1oc2cc(OCC(=O)N[C@@H](C)CCc3ccco3)ccc2c(=O)c1-c1ccccc1. The Hall–Kier alpha value is -3.80. The van der Waals surface area contributed by atoms with Crippen molar-refractivity contribution in [2.24, 2.45) is 0 Å². The number of furan rings is 1. The van der Waals surface area contributed by atoms with Gasteiger partial charge in [-0.25, -0.2) is 0 Å². The van der Waals surface area contributed by atoms with E-state index in [2.05, 4.69) is 5.32 Å². The molecule has 1 N–H and O–H groups in total. The number of amides is 1. The van der Waals surface area contributed by atoms with Crippen molar-refractivity contribution in [3.05, 3.63) is 88.7 Å². The molecule has 32 heavy (non-hydrogen) atoms. The van der Waals surface area contributed by atoms with Crippen LogP contribution in [0, 0.1) is 6.92 Å². The number of benzene rings is 2. The Bertz CT molecular complexity index is 1260. The highest BCUT2D eigenvalue weighted by Gasteiger charge is 2.15. The summed E-state index contributed by atoms with van der Waals surface area (Å²) in [6, 6.07) is 18.2. The summed E-state index contributed by atoms with van der Waals surface area (Å²) in [7, 11) is 0. The average Bonchev–Trinajstić information content (AvgIpc) is 3.30. The molecule has 0 spiro atoms. The first-order valence-corrected chi connectivity index (χ1v) is 10.6. The van der Waals surface area contributed by atoms with Gasteiger partial charge in [0.15, 0.2) is 6.61 Å². The zero-order valence-electron chi connectivity index (χ0n) is 18.1. The molecule has 2 aromatic carbocycles. The van der Waals surface area contributed by atoms with E-state index >= 15 is 0 Å². The summed E-state index contributed by atoms with van der Waals surface area (Å²) in [6.45, 7) is 3.59. The van der Waals surface area contributed by atoms with Crippen LogP contribution in [0.4, 0.5) is 0 Å². The standard InChI is InChI=1S/C26H25NO5/c1-17(10-11-20-9-6-14-30-20)27-24(28)16-31-21-12-13-22-23(15-21)32-18(2)25(26(22)29)19-7-4-3-5-8-19/h3-9,12-15,17H,10-11,16H2,1-2H3,(H,27,28)/t17-/m0/s1. The molecule has 6 heteroatoms. The van der Waals surface area contributed by atoms with Gasteiger partial charge in [0.25, 0.3) is 5.91 Å². The van der Waals surface area contributed by atoms with Crippen LogP contribution in [-0.2, 0) is 11.2 Å². The molecule has 0 bridgehead atoms. The monoisotopic (exact) mass is 431 g/mol.